The van der Waals surface area contributed by atoms with Gasteiger partial charge in [-0.25, -0.2) is 13.4 Å². The summed E-state index contributed by atoms with van der Waals surface area (Å²) in [5, 5.41) is 0. The summed E-state index contributed by atoms with van der Waals surface area (Å²) < 4.78 is 22.7. The number of hydrogen-bond donors (Lipinski definition) is 0. The fourth-order valence-electron chi connectivity index (χ4n) is 0.718. The molecule has 1 rings (SSSR count). The monoisotopic (exact) mass is 194 g/mol. The van der Waals surface area contributed by atoms with E-state index in [0.717, 1.165) is 0 Å². The summed E-state index contributed by atoms with van der Waals surface area (Å²) >= 11 is 0. The van der Waals surface area contributed by atoms with Gasteiger partial charge in [0.05, 0.1) is 12.0 Å². The number of imidazole rings is 1. The van der Waals surface area contributed by atoms with Crippen molar-refractivity contribution in [2.45, 2.75) is 5.75 Å². The van der Waals surface area contributed by atoms with Gasteiger partial charge >= 0.3 is 0 Å². The fourth-order valence-corrected chi connectivity index (χ4v) is 1.56. The molecule has 0 bridgehead atoms. The fraction of sp³-hybridized carbons (Fsp3) is 0.400. The Morgan fingerprint density at radius 3 is 2.73 bits per heavy atom. The van der Waals surface area contributed by atoms with Gasteiger partial charge in [0.2, 0.25) is 9.05 Å². The number of aryl methyl sites for hydroxylation is 1. The number of nitrogens with zero attached hydrogens (tertiary/aromatic N) is 2. The van der Waals surface area contributed by atoms with E-state index < -0.39 is 9.05 Å². The predicted octanol–water partition coefficient (Wildman–Crippen LogP) is 0.489. The highest BCUT2D eigenvalue weighted by Gasteiger charge is 2.08. The summed E-state index contributed by atoms with van der Waals surface area (Å²) in [6.45, 7) is 0. The van der Waals surface area contributed by atoms with E-state index in [1.54, 1.807) is 17.8 Å². The standard InChI is InChI=1S/C5H7ClN2O2S/c1-8-2-5(7-4-8)3-11(6,9)10/h2,4H,3H2,1H3. The quantitative estimate of drug-likeness (QED) is 0.644. The molecule has 0 aromatic carbocycles. The molecule has 0 saturated carbocycles. The lowest BCUT2D eigenvalue weighted by Crippen LogP contribution is -1.94. The van der Waals surface area contributed by atoms with Gasteiger partial charge in [-0.05, 0) is 0 Å². The lowest BCUT2D eigenvalue weighted by molar-refractivity contribution is 0.608. The number of halogens is 1. The Morgan fingerprint density at radius 1 is 1.73 bits per heavy atom. The lowest BCUT2D eigenvalue weighted by Gasteiger charge is -1.88. The average Bonchev–Trinajstić information content (AvgIpc) is 2.10. The van der Waals surface area contributed by atoms with Crippen LogP contribution in [0.4, 0.5) is 0 Å². The third kappa shape index (κ3) is 2.90. The first kappa shape index (κ1) is 8.55. The minimum absolute atomic E-state index is 0.213. The van der Waals surface area contributed by atoms with E-state index in [1.807, 2.05) is 0 Å². The van der Waals surface area contributed by atoms with Crippen molar-refractivity contribution < 1.29 is 8.42 Å². The molecule has 0 aliphatic carbocycles. The average molecular weight is 195 g/mol. The second-order valence-corrected chi connectivity index (χ2v) is 4.99. The molecule has 62 valence electrons. The van der Waals surface area contributed by atoms with Crippen LogP contribution in [0, 0.1) is 0 Å². The van der Waals surface area contributed by atoms with E-state index in [0.29, 0.717) is 5.69 Å². The highest BCUT2D eigenvalue weighted by atomic mass is 35.7. The zero-order chi connectivity index (χ0) is 8.48. The second kappa shape index (κ2) is 2.83. The molecule has 0 spiro atoms. The molecule has 4 nitrogen and oxygen atoms in total. The van der Waals surface area contributed by atoms with Crippen LogP contribution in [0.25, 0.3) is 0 Å². The summed E-state index contributed by atoms with van der Waals surface area (Å²) in [6, 6.07) is 0. The maximum atomic E-state index is 10.5. The first-order valence-electron chi connectivity index (χ1n) is 2.86. The van der Waals surface area contributed by atoms with Crippen molar-refractivity contribution in [3.05, 3.63) is 18.2 Å². The van der Waals surface area contributed by atoms with Crippen molar-refractivity contribution in [2.75, 3.05) is 0 Å². The molecule has 0 unspecified atom stereocenters. The van der Waals surface area contributed by atoms with Gasteiger partial charge in [0.25, 0.3) is 0 Å². The van der Waals surface area contributed by atoms with Crippen molar-refractivity contribution in [3.63, 3.8) is 0 Å². The zero-order valence-electron chi connectivity index (χ0n) is 5.86. The van der Waals surface area contributed by atoms with Gasteiger partial charge in [0.15, 0.2) is 0 Å². The van der Waals surface area contributed by atoms with Crippen molar-refractivity contribution >= 4 is 19.7 Å². The van der Waals surface area contributed by atoms with Crippen LogP contribution in [-0.2, 0) is 21.9 Å². The zero-order valence-corrected chi connectivity index (χ0v) is 7.43. The number of hydrogen-bond acceptors (Lipinski definition) is 3. The highest BCUT2D eigenvalue weighted by molar-refractivity contribution is 8.13. The molecule has 0 aliphatic rings. The summed E-state index contributed by atoms with van der Waals surface area (Å²) in [6.07, 6.45) is 3.14. The van der Waals surface area contributed by atoms with Gasteiger partial charge in [-0.15, -0.1) is 0 Å². The Labute approximate surface area is 69.2 Å². The third-order valence-corrected chi connectivity index (χ3v) is 2.05. The Balaban J connectivity index is 2.81. The normalized spacial score (nSPS) is 11.8. The SMILES string of the molecule is Cn1cnc(CS(=O)(=O)Cl)c1. The van der Waals surface area contributed by atoms with Gasteiger partial charge in [0, 0.05) is 23.9 Å². The van der Waals surface area contributed by atoms with Crippen LogP contribution in [0.15, 0.2) is 12.5 Å². The van der Waals surface area contributed by atoms with Crippen molar-refractivity contribution in [3.8, 4) is 0 Å². The molecular weight excluding hydrogens is 188 g/mol. The molecule has 0 fully saturated rings. The summed E-state index contributed by atoms with van der Waals surface area (Å²) in [5.41, 5.74) is 0.461. The minimum Gasteiger partial charge on any atom is -0.340 e. The van der Waals surface area contributed by atoms with Crippen LogP contribution in [-0.4, -0.2) is 18.0 Å². The lowest BCUT2D eigenvalue weighted by atomic mass is 10.6. The molecular formula is C5H7ClN2O2S. The van der Waals surface area contributed by atoms with E-state index >= 15 is 0 Å². The first-order valence-corrected chi connectivity index (χ1v) is 5.34. The van der Waals surface area contributed by atoms with E-state index in [1.165, 1.54) is 6.33 Å². The van der Waals surface area contributed by atoms with E-state index in [9.17, 15) is 8.42 Å². The number of rotatable bonds is 2. The van der Waals surface area contributed by atoms with Crippen LogP contribution in [0.3, 0.4) is 0 Å². The molecule has 0 amide bonds. The van der Waals surface area contributed by atoms with E-state index in [2.05, 4.69) is 4.98 Å². The molecule has 1 aromatic heterocycles. The molecule has 0 radical (unpaired) electrons. The molecule has 1 aromatic rings. The summed E-state index contributed by atoms with van der Waals surface area (Å²) in [7, 11) is 3.29. The van der Waals surface area contributed by atoms with Crippen LogP contribution >= 0.6 is 10.7 Å². The third-order valence-electron chi connectivity index (χ3n) is 1.08. The first-order chi connectivity index (χ1) is 4.97. The van der Waals surface area contributed by atoms with Gasteiger partial charge in [-0.1, -0.05) is 0 Å². The van der Waals surface area contributed by atoms with Gasteiger partial charge in [-0.3, -0.25) is 0 Å². The molecule has 6 heteroatoms. The predicted molar refractivity (Wildman–Crippen MR) is 41.7 cm³/mol. The van der Waals surface area contributed by atoms with Gasteiger partial charge in [0.1, 0.15) is 5.75 Å². The van der Waals surface area contributed by atoms with Crippen molar-refractivity contribution in [1.82, 2.24) is 9.55 Å². The molecule has 1 heterocycles. The Hall–Kier alpha value is -0.550. The van der Waals surface area contributed by atoms with Crippen LogP contribution in [0.1, 0.15) is 5.69 Å². The maximum Gasteiger partial charge on any atom is 0.238 e. The molecule has 0 aliphatic heterocycles. The topological polar surface area (TPSA) is 52.0 Å². The van der Waals surface area contributed by atoms with Crippen LogP contribution in [0.2, 0.25) is 0 Å². The van der Waals surface area contributed by atoms with Crippen molar-refractivity contribution in [2.24, 2.45) is 7.05 Å². The Morgan fingerprint density at radius 2 is 2.36 bits per heavy atom. The summed E-state index contributed by atoms with van der Waals surface area (Å²) in [5.74, 6) is -0.213. The highest BCUT2D eigenvalue weighted by Crippen LogP contribution is 2.05. The van der Waals surface area contributed by atoms with Crippen LogP contribution < -0.4 is 0 Å². The molecule has 0 N–H and O–H groups in total. The Kier molecular flexibility index (Phi) is 2.20. The number of aromatic nitrogens is 2. The van der Waals surface area contributed by atoms with Crippen molar-refractivity contribution in [1.29, 1.82) is 0 Å². The van der Waals surface area contributed by atoms with E-state index in [4.69, 9.17) is 10.7 Å². The molecule has 0 saturated heterocycles. The molecule has 11 heavy (non-hydrogen) atoms. The molecule has 0 atom stereocenters. The summed E-state index contributed by atoms with van der Waals surface area (Å²) in [4.78, 5) is 3.80. The second-order valence-electron chi connectivity index (χ2n) is 2.21. The smallest absolute Gasteiger partial charge is 0.238 e. The van der Waals surface area contributed by atoms with Gasteiger partial charge in [-0.2, -0.15) is 0 Å². The Bertz CT molecular complexity index is 343. The minimum atomic E-state index is -3.47. The maximum absolute atomic E-state index is 10.5. The van der Waals surface area contributed by atoms with Crippen LogP contribution in [0.5, 0.6) is 0 Å². The van der Waals surface area contributed by atoms with Gasteiger partial charge < -0.3 is 4.57 Å². The van der Waals surface area contributed by atoms with E-state index in [-0.39, 0.29) is 5.75 Å². The largest absolute Gasteiger partial charge is 0.340 e.